The van der Waals surface area contributed by atoms with E-state index in [2.05, 4.69) is 11.4 Å². The Hall–Kier alpha value is -0.590. The highest BCUT2D eigenvalue weighted by atomic mass is 16.3. The van der Waals surface area contributed by atoms with Gasteiger partial charge < -0.3 is 10.4 Å². The van der Waals surface area contributed by atoms with Gasteiger partial charge in [0, 0.05) is 12.0 Å². The molecule has 0 heterocycles. The fourth-order valence-electron chi connectivity index (χ4n) is 0.726. The second-order valence-corrected chi connectivity index (χ2v) is 3.59. The molecule has 0 aliphatic heterocycles. The zero-order valence-corrected chi connectivity index (χ0v) is 8.09. The molecule has 1 atom stereocenters. The Morgan fingerprint density at radius 2 is 2.17 bits per heavy atom. The zero-order valence-electron chi connectivity index (χ0n) is 8.09. The third-order valence-electron chi connectivity index (χ3n) is 2.09. The van der Waals surface area contributed by atoms with Gasteiger partial charge in [-0.05, 0) is 33.7 Å². The summed E-state index contributed by atoms with van der Waals surface area (Å²) in [6, 6.07) is 2.08. The lowest BCUT2D eigenvalue weighted by molar-refractivity contribution is 0.0969. The number of nitrogens with one attached hydrogen (secondary N) is 1. The second-order valence-electron chi connectivity index (χ2n) is 3.59. The lowest BCUT2D eigenvalue weighted by Crippen LogP contribution is -2.48. The first-order chi connectivity index (χ1) is 5.50. The molecule has 0 bridgehead atoms. The van der Waals surface area contributed by atoms with Crippen molar-refractivity contribution in [1.82, 2.24) is 5.32 Å². The Labute approximate surface area is 74.4 Å². The summed E-state index contributed by atoms with van der Waals surface area (Å²) in [6.07, 6.45) is 1.04. The highest BCUT2D eigenvalue weighted by Crippen LogP contribution is 2.07. The molecule has 0 fully saturated rings. The summed E-state index contributed by atoms with van der Waals surface area (Å²) in [5.41, 5.74) is -0.255. The summed E-state index contributed by atoms with van der Waals surface area (Å²) in [5, 5.41) is 20.8. The minimum absolute atomic E-state index is 0.255. The number of unbranched alkanes of at least 4 members (excludes halogenated alkanes) is 1. The summed E-state index contributed by atoms with van der Waals surface area (Å²) in [7, 11) is 0. The summed E-state index contributed by atoms with van der Waals surface area (Å²) in [6.45, 7) is 6.44. The van der Waals surface area contributed by atoms with Crippen molar-refractivity contribution in [2.24, 2.45) is 0 Å². The van der Waals surface area contributed by atoms with Crippen molar-refractivity contribution in [3.8, 4) is 6.07 Å². The van der Waals surface area contributed by atoms with E-state index < -0.39 is 0 Å². The molecular formula is C9H18N2O. The van der Waals surface area contributed by atoms with Gasteiger partial charge in [-0.1, -0.05) is 0 Å². The molecule has 2 N–H and O–H groups in total. The van der Waals surface area contributed by atoms with Gasteiger partial charge in [-0.15, -0.1) is 0 Å². The maximum absolute atomic E-state index is 9.31. The molecule has 1 unspecified atom stereocenters. The molecule has 0 aromatic carbocycles. The van der Waals surface area contributed by atoms with Crippen molar-refractivity contribution in [2.45, 2.75) is 45.3 Å². The quantitative estimate of drug-likeness (QED) is 0.606. The van der Waals surface area contributed by atoms with Crippen LogP contribution in [0.25, 0.3) is 0 Å². The second kappa shape index (κ2) is 5.13. The highest BCUT2D eigenvalue weighted by molar-refractivity contribution is 4.83. The Kier molecular flexibility index (Phi) is 4.87. The van der Waals surface area contributed by atoms with Gasteiger partial charge >= 0.3 is 0 Å². The molecule has 70 valence electrons. The molecule has 3 nitrogen and oxygen atoms in total. The number of rotatable bonds is 5. The fourth-order valence-corrected chi connectivity index (χ4v) is 0.726. The van der Waals surface area contributed by atoms with Gasteiger partial charge in [-0.2, -0.15) is 5.26 Å². The third kappa shape index (κ3) is 4.32. The molecule has 0 amide bonds. The van der Waals surface area contributed by atoms with E-state index in [1.165, 1.54) is 0 Å². The lowest BCUT2D eigenvalue weighted by Gasteiger charge is -2.29. The van der Waals surface area contributed by atoms with E-state index in [1.807, 2.05) is 13.8 Å². The molecule has 0 saturated heterocycles. The zero-order chi connectivity index (χ0) is 9.61. The summed E-state index contributed by atoms with van der Waals surface area (Å²) in [5.74, 6) is 0. The molecule has 0 saturated carbocycles. The predicted molar refractivity (Wildman–Crippen MR) is 48.6 cm³/mol. The van der Waals surface area contributed by atoms with E-state index in [4.69, 9.17) is 5.26 Å². The van der Waals surface area contributed by atoms with Gasteiger partial charge in [-0.3, -0.25) is 0 Å². The Bertz CT molecular complexity index is 158. The lowest BCUT2D eigenvalue weighted by atomic mass is 9.99. The van der Waals surface area contributed by atoms with Crippen LogP contribution < -0.4 is 5.32 Å². The van der Waals surface area contributed by atoms with Crippen LogP contribution in [0.15, 0.2) is 0 Å². The van der Waals surface area contributed by atoms with Gasteiger partial charge in [0.2, 0.25) is 0 Å². The van der Waals surface area contributed by atoms with E-state index >= 15 is 0 Å². The van der Waals surface area contributed by atoms with Crippen molar-refractivity contribution in [2.75, 3.05) is 6.54 Å². The van der Waals surface area contributed by atoms with Crippen molar-refractivity contribution in [3.05, 3.63) is 0 Å². The molecule has 0 aromatic heterocycles. The fraction of sp³-hybridized carbons (Fsp3) is 0.889. The van der Waals surface area contributed by atoms with Crippen molar-refractivity contribution < 1.29 is 5.11 Å². The van der Waals surface area contributed by atoms with Crippen molar-refractivity contribution in [1.29, 1.82) is 5.26 Å². The summed E-state index contributed by atoms with van der Waals surface area (Å²) >= 11 is 0. The van der Waals surface area contributed by atoms with Gasteiger partial charge in [0.1, 0.15) is 0 Å². The Morgan fingerprint density at radius 1 is 1.58 bits per heavy atom. The molecular weight excluding hydrogens is 152 g/mol. The van der Waals surface area contributed by atoms with Gasteiger partial charge in [0.15, 0.2) is 0 Å². The van der Waals surface area contributed by atoms with Crippen LogP contribution in [-0.4, -0.2) is 23.3 Å². The van der Waals surface area contributed by atoms with Crippen LogP contribution in [0.2, 0.25) is 0 Å². The van der Waals surface area contributed by atoms with Crippen molar-refractivity contribution in [3.63, 3.8) is 0 Å². The normalized spacial score (nSPS) is 13.9. The van der Waals surface area contributed by atoms with Crippen LogP contribution in [0.5, 0.6) is 0 Å². The molecule has 0 radical (unpaired) electrons. The minimum Gasteiger partial charge on any atom is -0.392 e. The average Bonchev–Trinajstić information content (AvgIpc) is 1.98. The van der Waals surface area contributed by atoms with Gasteiger partial charge in [0.25, 0.3) is 0 Å². The highest BCUT2D eigenvalue weighted by Gasteiger charge is 2.22. The van der Waals surface area contributed by atoms with Crippen LogP contribution >= 0.6 is 0 Å². The molecule has 0 rings (SSSR count). The Balaban J connectivity index is 3.56. The molecule has 0 aromatic rings. The number of hydrogen-bond donors (Lipinski definition) is 2. The first-order valence-electron chi connectivity index (χ1n) is 4.30. The van der Waals surface area contributed by atoms with E-state index in [-0.39, 0.29) is 11.6 Å². The van der Waals surface area contributed by atoms with E-state index in [1.54, 1.807) is 6.92 Å². The molecule has 12 heavy (non-hydrogen) atoms. The molecule has 0 spiro atoms. The topological polar surface area (TPSA) is 56.0 Å². The average molecular weight is 170 g/mol. The standard InChI is InChI=1S/C9H18N2O/c1-8(12)9(2,3)11-7-5-4-6-10/h8,11-12H,4-5,7H2,1-3H3. The van der Waals surface area contributed by atoms with Crippen LogP contribution in [0.3, 0.4) is 0 Å². The number of aliphatic hydroxyl groups is 1. The maximum Gasteiger partial charge on any atom is 0.0688 e. The maximum atomic E-state index is 9.31. The van der Waals surface area contributed by atoms with E-state index in [9.17, 15) is 5.11 Å². The molecule has 0 aliphatic carbocycles. The SMILES string of the molecule is CC(O)C(C)(C)NCCCC#N. The summed E-state index contributed by atoms with van der Waals surface area (Å²) in [4.78, 5) is 0. The van der Waals surface area contributed by atoms with Crippen molar-refractivity contribution >= 4 is 0 Å². The first kappa shape index (κ1) is 11.4. The molecule has 0 aliphatic rings. The van der Waals surface area contributed by atoms with Gasteiger partial charge in [-0.25, -0.2) is 0 Å². The van der Waals surface area contributed by atoms with Crippen LogP contribution in [0, 0.1) is 11.3 Å². The monoisotopic (exact) mass is 170 g/mol. The van der Waals surface area contributed by atoms with Crippen LogP contribution in [0.1, 0.15) is 33.6 Å². The minimum atomic E-state index is -0.375. The number of nitriles is 1. The van der Waals surface area contributed by atoms with E-state index in [0.29, 0.717) is 6.42 Å². The number of hydrogen-bond acceptors (Lipinski definition) is 3. The predicted octanol–water partition coefficient (Wildman–Crippen LogP) is 1.04. The van der Waals surface area contributed by atoms with Crippen LogP contribution in [-0.2, 0) is 0 Å². The first-order valence-corrected chi connectivity index (χ1v) is 4.30. The van der Waals surface area contributed by atoms with E-state index in [0.717, 1.165) is 13.0 Å². The Morgan fingerprint density at radius 3 is 2.58 bits per heavy atom. The number of aliphatic hydroxyl groups excluding tert-OH is 1. The largest absolute Gasteiger partial charge is 0.392 e. The van der Waals surface area contributed by atoms with Crippen LogP contribution in [0.4, 0.5) is 0 Å². The third-order valence-corrected chi connectivity index (χ3v) is 2.09. The smallest absolute Gasteiger partial charge is 0.0688 e. The van der Waals surface area contributed by atoms with Gasteiger partial charge in [0.05, 0.1) is 12.2 Å². The number of nitrogens with zero attached hydrogens (tertiary/aromatic N) is 1. The summed E-state index contributed by atoms with van der Waals surface area (Å²) < 4.78 is 0. The molecule has 3 heteroatoms.